The summed E-state index contributed by atoms with van der Waals surface area (Å²) >= 11 is 0. The molecule has 300 valence electrons. The molecule has 5 atom stereocenters. The molecule has 0 fully saturated rings. The molecular weight excluding hydrogens is 681 g/mol. The molecule has 0 saturated carbocycles. The Morgan fingerprint density at radius 3 is 1.57 bits per heavy atom. The van der Waals surface area contributed by atoms with E-state index in [1.807, 2.05) is 45.0 Å². The summed E-state index contributed by atoms with van der Waals surface area (Å²) in [5.74, 6) is 0.200. The topological polar surface area (TPSA) is 186 Å². The largest absolute Gasteiger partial charge is 0.370 e. The molecule has 0 aliphatic rings. The van der Waals surface area contributed by atoms with Crippen molar-refractivity contribution in [3.05, 3.63) is 70.8 Å². The van der Waals surface area contributed by atoms with Crippen LogP contribution in [0.4, 0.5) is 9.59 Å². The lowest BCUT2D eigenvalue weighted by atomic mass is 9.91. The Labute approximate surface area is 323 Å². The van der Waals surface area contributed by atoms with E-state index in [9.17, 15) is 24.0 Å². The average molecular weight is 749 g/mol. The van der Waals surface area contributed by atoms with E-state index in [0.717, 1.165) is 43.2 Å². The van der Waals surface area contributed by atoms with Crippen LogP contribution in [0.2, 0.25) is 0 Å². The molecule has 0 aliphatic carbocycles. The van der Waals surface area contributed by atoms with E-state index in [1.165, 1.54) is 11.1 Å². The van der Waals surface area contributed by atoms with Gasteiger partial charge in [-0.2, -0.15) is 0 Å². The van der Waals surface area contributed by atoms with Gasteiger partial charge < -0.3 is 32.7 Å². The van der Waals surface area contributed by atoms with Crippen molar-refractivity contribution in [3.63, 3.8) is 0 Å². The number of Topliss-reactive ketones (excluding diaryl/α,β-unsaturated/α-hetero) is 2. The van der Waals surface area contributed by atoms with E-state index in [1.54, 1.807) is 0 Å². The standard InChI is InChI=1S/C43H68N6O5/c1-30-9-16-35(17-10-30)24-32(3)13-20-39(50)26-37(8-6-7-23-44)28-46-42(53)48-33(4)14-21-40(51)27-38(25-36-18-11-31(2)12-19-36)29-47-43(54)49-34(5)15-22-41(45)52/h9-12,16-19,32-34,37-38H,6-8,13-15,20-29,44H2,1-5H3,(H2,45,52)(H2,46,48,53)(H2,47,49,54)/t32-,33+,34+,37-,38-/m1/s1. The molecule has 8 N–H and O–H groups in total. The van der Waals surface area contributed by atoms with Gasteiger partial charge in [-0.25, -0.2) is 9.59 Å². The van der Waals surface area contributed by atoms with Crippen molar-refractivity contribution in [2.24, 2.45) is 29.2 Å². The molecule has 2 aromatic carbocycles. The summed E-state index contributed by atoms with van der Waals surface area (Å²) in [5.41, 5.74) is 15.7. The second kappa shape index (κ2) is 25.7. The highest BCUT2D eigenvalue weighted by atomic mass is 16.2. The molecular formula is C43H68N6O5. The average Bonchev–Trinajstić information content (AvgIpc) is 3.12. The first-order valence-corrected chi connectivity index (χ1v) is 19.9. The van der Waals surface area contributed by atoms with Crippen molar-refractivity contribution >= 4 is 29.5 Å². The number of hydrogen-bond acceptors (Lipinski definition) is 6. The molecule has 0 heterocycles. The van der Waals surface area contributed by atoms with E-state index in [0.29, 0.717) is 64.1 Å². The summed E-state index contributed by atoms with van der Waals surface area (Å²) in [4.78, 5) is 62.6. The van der Waals surface area contributed by atoms with E-state index in [4.69, 9.17) is 11.5 Å². The number of rotatable bonds is 27. The molecule has 0 aliphatic heterocycles. The number of primary amides is 1. The zero-order valence-electron chi connectivity index (χ0n) is 33.5. The Hall–Kier alpha value is -4.25. The van der Waals surface area contributed by atoms with Crippen molar-refractivity contribution in [1.82, 2.24) is 21.3 Å². The van der Waals surface area contributed by atoms with Crippen molar-refractivity contribution in [2.45, 2.75) is 130 Å². The van der Waals surface area contributed by atoms with Crippen LogP contribution in [-0.2, 0) is 27.2 Å². The fourth-order valence-electron chi connectivity index (χ4n) is 6.52. The monoisotopic (exact) mass is 749 g/mol. The number of unbranched alkanes of at least 4 members (excludes halogenated alkanes) is 1. The van der Waals surface area contributed by atoms with E-state index < -0.39 is 5.91 Å². The normalized spacial score (nSPS) is 13.9. The van der Waals surface area contributed by atoms with Crippen LogP contribution < -0.4 is 32.7 Å². The lowest BCUT2D eigenvalue weighted by molar-refractivity contribution is -0.121. The van der Waals surface area contributed by atoms with Gasteiger partial charge in [0.05, 0.1) is 0 Å². The number of carbonyl (C=O) groups is 5. The first-order chi connectivity index (χ1) is 25.7. The van der Waals surface area contributed by atoms with Gasteiger partial charge >= 0.3 is 12.1 Å². The molecule has 2 aromatic rings. The SMILES string of the molecule is Cc1ccc(C[C@H](C)CCC(=O)C[C@@H](CCCCN)CNC(=O)N[C@@H](C)CCC(=O)C[C@H](CNC(=O)N[C@@H](C)CCC(N)=O)Cc2ccc(C)cc2)cc1. The van der Waals surface area contributed by atoms with Gasteiger partial charge in [-0.3, -0.25) is 14.4 Å². The minimum absolute atomic E-state index is 0.0404. The first kappa shape index (κ1) is 45.9. The number of benzene rings is 2. The molecule has 0 saturated heterocycles. The van der Waals surface area contributed by atoms with Gasteiger partial charge in [0.2, 0.25) is 5.91 Å². The molecule has 0 aromatic heterocycles. The molecule has 0 spiro atoms. The van der Waals surface area contributed by atoms with Gasteiger partial charge in [-0.05, 0) is 108 Å². The summed E-state index contributed by atoms with van der Waals surface area (Å²) < 4.78 is 0. The fourth-order valence-corrected chi connectivity index (χ4v) is 6.52. The Morgan fingerprint density at radius 1 is 0.593 bits per heavy atom. The predicted octanol–water partition coefficient (Wildman–Crippen LogP) is 6.21. The van der Waals surface area contributed by atoms with E-state index >= 15 is 0 Å². The Balaban J connectivity index is 1.81. The van der Waals surface area contributed by atoms with Gasteiger partial charge in [0.15, 0.2) is 0 Å². The number of nitrogens with two attached hydrogens (primary N) is 2. The number of urea groups is 2. The van der Waals surface area contributed by atoms with Crippen LogP contribution in [0.25, 0.3) is 0 Å². The highest BCUT2D eigenvalue weighted by Crippen LogP contribution is 2.19. The zero-order chi connectivity index (χ0) is 39.9. The van der Waals surface area contributed by atoms with Crippen molar-refractivity contribution < 1.29 is 24.0 Å². The first-order valence-electron chi connectivity index (χ1n) is 19.9. The molecule has 11 nitrogen and oxygen atoms in total. The second-order valence-corrected chi connectivity index (χ2v) is 15.6. The third kappa shape index (κ3) is 21.5. The highest BCUT2D eigenvalue weighted by Gasteiger charge is 2.20. The van der Waals surface area contributed by atoms with Gasteiger partial charge in [0.25, 0.3) is 0 Å². The number of amides is 5. The van der Waals surface area contributed by atoms with Gasteiger partial charge in [0, 0.05) is 57.3 Å². The summed E-state index contributed by atoms with van der Waals surface area (Å²) in [6, 6.07) is 15.6. The molecule has 5 amide bonds. The third-order valence-electron chi connectivity index (χ3n) is 9.90. The van der Waals surface area contributed by atoms with Crippen LogP contribution in [0.15, 0.2) is 48.5 Å². The van der Waals surface area contributed by atoms with Gasteiger partial charge in [0.1, 0.15) is 11.6 Å². The van der Waals surface area contributed by atoms with Crippen LogP contribution in [0, 0.1) is 31.6 Å². The van der Waals surface area contributed by atoms with Crippen molar-refractivity contribution in [3.8, 4) is 0 Å². The molecule has 54 heavy (non-hydrogen) atoms. The maximum absolute atomic E-state index is 13.2. The lowest BCUT2D eigenvalue weighted by Crippen LogP contribution is -2.43. The number of aryl methyl sites for hydroxylation is 2. The Kier molecular flexibility index (Phi) is 21.9. The Morgan fingerprint density at radius 2 is 1.06 bits per heavy atom. The van der Waals surface area contributed by atoms with Crippen LogP contribution in [0.1, 0.15) is 114 Å². The maximum Gasteiger partial charge on any atom is 0.315 e. The minimum Gasteiger partial charge on any atom is -0.370 e. The highest BCUT2D eigenvalue weighted by molar-refractivity contribution is 5.80. The van der Waals surface area contributed by atoms with Crippen LogP contribution in [0.3, 0.4) is 0 Å². The van der Waals surface area contributed by atoms with Gasteiger partial charge in [-0.15, -0.1) is 0 Å². The van der Waals surface area contributed by atoms with Crippen molar-refractivity contribution in [1.29, 1.82) is 0 Å². The molecule has 0 bridgehead atoms. The maximum atomic E-state index is 13.2. The quantitative estimate of drug-likeness (QED) is 0.0591. The Bertz CT molecular complexity index is 1430. The smallest absolute Gasteiger partial charge is 0.315 e. The zero-order valence-corrected chi connectivity index (χ0v) is 33.5. The summed E-state index contributed by atoms with van der Waals surface area (Å²) in [6.07, 6.45) is 7.67. The van der Waals surface area contributed by atoms with E-state index in [2.05, 4.69) is 59.4 Å². The molecule has 11 heteroatoms. The van der Waals surface area contributed by atoms with Crippen LogP contribution >= 0.6 is 0 Å². The van der Waals surface area contributed by atoms with Crippen molar-refractivity contribution in [2.75, 3.05) is 19.6 Å². The van der Waals surface area contributed by atoms with Gasteiger partial charge in [-0.1, -0.05) is 73.0 Å². The third-order valence-corrected chi connectivity index (χ3v) is 9.90. The predicted molar refractivity (Wildman–Crippen MR) is 217 cm³/mol. The lowest BCUT2D eigenvalue weighted by Gasteiger charge is -2.21. The van der Waals surface area contributed by atoms with Crippen LogP contribution in [-0.4, -0.2) is 61.3 Å². The van der Waals surface area contributed by atoms with E-state index in [-0.39, 0.29) is 60.4 Å². The summed E-state index contributed by atoms with van der Waals surface area (Å²) in [6.45, 7) is 11.3. The summed E-state index contributed by atoms with van der Waals surface area (Å²) in [7, 11) is 0. The summed E-state index contributed by atoms with van der Waals surface area (Å²) in [5, 5.41) is 11.6. The minimum atomic E-state index is -0.414. The number of hydrogen-bond donors (Lipinski definition) is 6. The number of carbonyl (C=O) groups excluding carboxylic acids is 5. The fraction of sp³-hybridized carbons (Fsp3) is 0.605. The molecule has 0 radical (unpaired) electrons. The molecule has 0 unspecified atom stereocenters. The van der Waals surface area contributed by atoms with Crippen LogP contribution in [0.5, 0.6) is 0 Å². The number of ketones is 2. The second-order valence-electron chi connectivity index (χ2n) is 15.6. The molecule has 2 rings (SSSR count). The number of nitrogens with one attached hydrogen (secondary N) is 4.